The molecule has 182 valence electrons. The average molecular weight is 474 g/mol. The van der Waals surface area contributed by atoms with Crippen LogP contribution in [0.1, 0.15) is 41.8 Å². The van der Waals surface area contributed by atoms with Gasteiger partial charge in [0.05, 0.1) is 17.9 Å². The Kier molecular flexibility index (Phi) is 9.57. The largest absolute Gasteiger partial charge is 0.348 e. The molecule has 3 N–H and O–H groups in total. The molecule has 0 heterocycles. The number of rotatable bonds is 11. The van der Waals surface area contributed by atoms with Crippen molar-refractivity contribution < 1.29 is 19.2 Å². The fraction of sp³-hybridized carbons (Fsp3) is 0.250. The highest BCUT2D eigenvalue weighted by atomic mass is 16.6. The monoisotopic (exact) mass is 473 g/mol. The van der Waals surface area contributed by atoms with Crippen LogP contribution in [0.25, 0.3) is 0 Å². The van der Waals surface area contributed by atoms with E-state index in [1.165, 1.54) is 0 Å². The van der Waals surface area contributed by atoms with E-state index >= 15 is 0 Å². The standard InChI is InChI=1S/C28H31N3O4/c1-20(2)17-24(28(34)31-35-19-22-13-7-4-8-14-22)27(33)30-25-16-10-9-15-23(25)26(32)29-18-21-11-5-3-6-12-21/h3-16,20,24H,17-19H2,1-2H3,(H,29,32)(H,30,33)(H,31,34). The van der Waals surface area contributed by atoms with Gasteiger partial charge in [-0.05, 0) is 35.6 Å². The molecular formula is C28H31N3O4. The lowest BCUT2D eigenvalue weighted by molar-refractivity contribution is -0.143. The first kappa shape index (κ1) is 25.6. The van der Waals surface area contributed by atoms with Crippen LogP contribution >= 0.6 is 0 Å². The van der Waals surface area contributed by atoms with E-state index in [1.807, 2.05) is 74.5 Å². The van der Waals surface area contributed by atoms with E-state index in [1.54, 1.807) is 24.3 Å². The van der Waals surface area contributed by atoms with E-state index in [0.717, 1.165) is 11.1 Å². The van der Waals surface area contributed by atoms with Crippen molar-refractivity contribution in [1.29, 1.82) is 0 Å². The molecule has 3 amide bonds. The van der Waals surface area contributed by atoms with Gasteiger partial charge < -0.3 is 10.6 Å². The van der Waals surface area contributed by atoms with Gasteiger partial charge in [-0.15, -0.1) is 0 Å². The molecule has 3 aromatic rings. The Morgan fingerprint density at radius 3 is 2.03 bits per heavy atom. The number of hydrogen-bond acceptors (Lipinski definition) is 4. The van der Waals surface area contributed by atoms with Crippen molar-refractivity contribution in [1.82, 2.24) is 10.8 Å². The molecule has 0 radical (unpaired) electrons. The normalized spacial score (nSPS) is 11.5. The van der Waals surface area contributed by atoms with Gasteiger partial charge in [0, 0.05) is 6.54 Å². The third-order valence-corrected chi connectivity index (χ3v) is 5.32. The Morgan fingerprint density at radius 2 is 1.37 bits per heavy atom. The molecule has 0 bridgehead atoms. The third-order valence-electron chi connectivity index (χ3n) is 5.32. The van der Waals surface area contributed by atoms with Crippen LogP contribution in [0, 0.1) is 11.8 Å². The Labute approximate surface area is 205 Å². The SMILES string of the molecule is CC(C)CC(C(=O)NOCc1ccccc1)C(=O)Nc1ccccc1C(=O)NCc1ccccc1. The molecule has 0 aliphatic rings. The highest BCUT2D eigenvalue weighted by molar-refractivity contribution is 6.09. The van der Waals surface area contributed by atoms with Crippen molar-refractivity contribution in [3.63, 3.8) is 0 Å². The van der Waals surface area contributed by atoms with Crippen LogP contribution in [0.4, 0.5) is 5.69 Å². The van der Waals surface area contributed by atoms with Gasteiger partial charge in [0.25, 0.3) is 11.8 Å². The lowest BCUT2D eigenvalue weighted by Crippen LogP contribution is -2.39. The number of hydroxylamine groups is 1. The average Bonchev–Trinajstić information content (AvgIpc) is 2.87. The molecule has 0 saturated carbocycles. The molecule has 0 saturated heterocycles. The predicted molar refractivity (Wildman–Crippen MR) is 135 cm³/mol. The van der Waals surface area contributed by atoms with Crippen molar-refractivity contribution in [2.24, 2.45) is 11.8 Å². The first-order valence-electron chi connectivity index (χ1n) is 11.6. The summed E-state index contributed by atoms with van der Waals surface area (Å²) in [5, 5.41) is 5.63. The molecule has 0 aliphatic heterocycles. The summed E-state index contributed by atoms with van der Waals surface area (Å²) in [6, 6.07) is 25.7. The van der Waals surface area contributed by atoms with E-state index in [2.05, 4.69) is 16.1 Å². The van der Waals surface area contributed by atoms with Gasteiger partial charge in [-0.2, -0.15) is 0 Å². The number of carbonyl (C=O) groups is 3. The van der Waals surface area contributed by atoms with Gasteiger partial charge in [0.1, 0.15) is 5.92 Å². The number of anilines is 1. The second kappa shape index (κ2) is 13.1. The second-order valence-corrected chi connectivity index (χ2v) is 8.63. The Balaban J connectivity index is 1.64. The highest BCUT2D eigenvalue weighted by Crippen LogP contribution is 2.19. The molecule has 1 atom stereocenters. The van der Waals surface area contributed by atoms with Gasteiger partial charge >= 0.3 is 0 Å². The van der Waals surface area contributed by atoms with Crippen LogP contribution in [0.2, 0.25) is 0 Å². The van der Waals surface area contributed by atoms with Crippen LogP contribution in [-0.4, -0.2) is 17.7 Å². The van der Waals surface area contributed by atoms with Crippen LogP contribution < -0.4 is 16.1 Å². The summed E-state index contributed by atoms with van der Waals surface area (Å²) in [6.45, 7) is 4.42. The molecule has 3 aromatic carbocycles. The Morgan fingerprint density at radius 1 is 0.771 bits per heavy atom. The molecule has 3 rings (SSSR count). The lowest BCUT2D eigenvalue weighted by atomic mass is 9.95. The number of hydrogen-bond donors (Lipinski definition) is 3. The highest BCUT2D eigenvalue weighted by Gasteiger charge is 2.29. The minimum Gasteiger partial charge on any atom is -0.348 e. The molecule has 0 fully saturated rings. The Bertz CT molecular complexity index is 1120. The Hall–Kier alpha value is -3.97. The third kappa shape index (κ3) is 8.08. The zero-order chi connectivity index (χ0) is 25.0. The van der Waals surface area contributed by atoms with Crippen LogP contribution in [0.3, 0.4) is 0 Å². The van der Waals surface area contributed by atoms with Crippen molar-refractivity contribution in [3.05, 3.63) is 102 Å². The zero-order valence-corrected chi connectivity index (χ0v) is 20.0. The van der Waals surface area contributed by atoms with Gasteiger partial charge in [0.2, 0.25) is 5.91 Å². The number of benzene rings is 3. The first-order valence-corrected chi connectivity index (χ1v) is 11.6. The maximum Gasteiger partial charge on any atom is 0.256 e. The maximum absolute atomic E-state index is 13.1. The summed E-state index contributed by atoms with van der Waals surface area (Å²) in [7, 11) is 0. The maximum atomic E-state index is 13.1. The van der Waals surface area contributed by atoms with Gasteiger partial charge in [-0.25, -0.2) is 5.48 Å². The minimum atomic E-state index is -0.980. The topological polar surface area (TPSA) is 96.5 Å². The zero-order valence-electron chi connectivity index (χ0n) is 20.0. The minimum absolute atomic E-state index is 0.0926. The van der Waals surface area contributed by atoms with Crippen molar-refractivity contribution in [3.8, 4) is 0 Å². The van der Waals surface area contributed by atoms with E-state index in [0.29, 0.717) is 24.2 Å². The quantitative estimate of drug-likeness (QED) is 0.283. The van der Waals surface area contributed by atoms with Crippen LogP contribution in [0.15, 0.2) is 84.9 Å². The first-order chi connectivity index (χ1) is 16.9. The molecule has 0 spiro atoms. The summed E-state index contributed by atoms with van der Waals surface area (Å²) >= 11 is 0. The van der Waals surface area contributed by atoms with E-state index in [4.69, 9.17) is 4.84 Å². The molecule has 7 nitrogen and oxygen atoms in total. The number of para-hydroxylation sites is 1. The van der Waals surface area contributed by atoms with Gasteiger partial charge in [0.15, 0.2) is 0 Å². The summed E-state index contributed by atoms with van der Waals surface area (Å²) in [5.41, 5.74) is 4.92. The second-order valence-electron chi connectivity index (χ2n) is 8.63. The van der Waals surface area contributed by atoms with E-state index < -0.39 is 17.7 Å². The van der Waals surface area contributed by atoms with Crippen LogP contribution in [-0.2, 0) is 27.6 Å². The summed E-state index contributed by atoms with van der Waals surface area (Å²) in [5.74, 6) is -2.23. The molecule has 7 heteroatoms. The predicted octanol–water partition coefficient (Wildman–Crippen LogP) is 4.47. The number of amides is 3. The van der Waals surface area contributed by atoms with Crippen molar-refractivity contribution in [2.75, 3.05) is 5.32 Å². The molecule has 35 heavy (non-hydrogen) atoms. The number of nitrogens with one attached hydrogen (secondary N) is 3. The summed E-state index contributed by atoms with van der Waals surface area (Å²) in [6.07, 6.45) is 0.328. The molecule has 0 aliphatic carbocycles. The summed E-state index contributed by atoms with van der Waals surface area (Å²) in [4.78, 5) is 44.1. The molecule has 0 aromatic heterocycles. The van der Waals surface area contributed by atoms with E-state index in [-0.39, 0.29) is 18.4 Å². The molecule has 1 unspecified atom stereocenters. The van der Waals surface area contributed by atoms with Crippen LogP contribution in [0.5, 0.6) is 0 Å². The van der Waals surface area contributed by atoms with Crippen molar-refractivity contribution >= 4 is 23.4 Å². The smallest absolute Gasteiger partial charge is 0.256 e. The van der Waals surface area contributed by atoms with Gasteiger partial charge in [-0.1, -0.05) is 86.6 Å². The fourth-order valence-corrected chi connectivity index (χ4v) is 3.52. The fourth-order valence-electron chi connectivity index (χ4n) is 3.52. The van der Waals surface area contributed by atoms with Crippen molar-refractivity contribution in [2.45, 2.75) is 33.4 Å². The molecular weight excluding hydrogens is 442 g/mol. The summed E-state index contributed by atoms with van der Waals surface area (Å²) < 4.78 is 0. The number of carbonyl (C=O) groups excluding carboxylic acids is 3. The lowest BCUT2D eigenvalue weighted by Gasteiger charge is -2.19. The van der Waals surface area contributed by atoms with Gasteiger partial charge in [-0.3, -0.25) is 19.2 Å². The van der Waals surface area contributed by atoms with E-state index in [9.17, 15) is 14.4 Å².